The Bertz CT molecular complexity index is 1660. The standard InChI is InChI=1S/C35H39N5O5/c1-23-20-40(24(2)22-41)33(42)19-26-18-28(36-34(43)38-30-15-9-11-25-10-7-8-14-29(25)30)16-17-31(26)45-32(23)21-39(3)35(44)37-27-12-5-4-6-13-27/h4-18,23-24,32,41H,19-22H2,1-3H3,(H,37,44)(H2,36,38,43)/t23-,24-,32+/m0/s1. The summed E-state index contributed by atoms with van der Waals surface area (Å²) in [5.74, 6) is 0.155. The number of ether oxygens (including phenoxy) is 1. The molecule has 10 nitrogen and oxygen atoms in total. The zero-order valence-electron chi connectivity index (χ0n) is 25.7. The molecule has 4 aromatic carbocycles. The Morgan fingerprint density at radius 1 is 0.956 bits per heavy atom. The molecule has 3 atom stereocenters. The van der Waals surface area contributed by atoms with E-state index in [2.05, 4.69) is 16.0 Å². The Labute approximate surface area is 263 Å². The number of aliphatic hydroxyl groups is 1. The van der Waals surface area contributed by atoms with E-state index in [4.69, 9.17) is 4.74 Å². The van der Waals surface area contributed by atoms with Gasteiger partial charge in [-0.15, -0.1) is 0 Å². The number of hydrogen-bond donors (Lipinski definition) is 4. The van der Waals surface area contributed by atoms with Gasteiger partial charge in [-0.1, -0.05) is 61.5 Å². The lowest BCUT2D eigenvalue weighted by Gasteiger charge is -2.34. The summed E-state index contributed by atoms with van der Waals surface area (Å²) in [4.78, 5) is 42.8. The number of nitrogens with zero attached hydrogens (tertiary/aromatic N) is 2. The molecule has 0 saturated heterocycles. The number of para-hydroxylation sites is 1. The maximum Gasteiger partial charge on any atom is 0.323 e. The molecule has 45 heavy (non-hydrogen) atoms. The fourth-order valence-corrected chi connectivity index (χ4v) is 5.44. The van der Waals surface area contributed by atoms with E-state index in [9.17, 15) is 19.5 Å². The third kappa shape index (κ3) is 7.71. The molecule has 5 amide bonds. The van der Waals surface area contributed by atoms with Crippen LogP contribution in [0.1, 0.15) is 19.4 Å². The van der Waals surface area contributed by atoms with Crippen molar-refractivity contribution in [3.63, 3.8) is 0 Å². The molecule has 0 aromatic heterocycles. The van der Waals surface area contributed by atoms with Crippen LogP contribution >= 0.6 is 0 Å². The van der Waals surface area contributed by atoms with Crippen LogP contribution in [0.3, 0.4) is 0 Å². The van der Waals surface area contributed by atoms with Crippen molar-refractivity contribution in [2.45, 2.75) is 32.4 Å². The fraction of sp³-hybridized carbons (Fsp3) is 0.286. The number of rotatable bonds is 7. The van der Waals surface area contributed by atoms with E-state index in [0.29, 0.717) is 34.9 Å². The van der Waals surface area contributed by atoms with Gasteiger partial charge in [0.2, 0.25) is 5.91 Å². The number of nitrogens with one attached hydrogen (secondary N) is 3. The van der Waals surface area contributed by atoms with Gasteiger partial charge in [0, 0.05) is 41.8 Å². The van der Waals surface area contributed by atoms with Crippen LogP contribution in [-0.2, 0) is 11.2 Å². The van der Waals surface area contributed by atoms with Gasteiger partial charge >= 0.3 is 12.1 Å². The number of likely N-dealkylation sites (N-methyl/N-ethyl adjacent to an activating group) is 1. The first-order valence-electron chi connectivity index (χ1n) is 15.0. The van der Waals surface area contributed by atoms with Gasteiger partial charge in [-0.2, -0.15) is 0 Å². The van der Waals surface area contributed by atoms with Crippen molar-refractivity contribution in [2.75, 3.05) is 42.7 Å². The predicted octanol–water partition coefficient (Wildman–Crippen LogP) is 5.80. The van der Waals surface area contributed by atoms with Crippen molar-refractivity contribution in [3.8, 4) is 5.75 Å². The monoisotopic (exact) mass is 609 g/mol. The quantitative estimate of drug-likeness (QED) is 0.211. The molecule has 1 aliphatic rings. The van der Waals surface area contributed by atoms with E-state index < -0.39 is 18.2 Å². The highest BCUT2D eigenvalue weighted by Crippen LogP contribution is 2.30. The van der Waals surface area contributed by atoms with Crippen molar-refractivity contribution in [1.82, 2.24) is 9.80 Å². The van der Waals surface area contributed by atoms with E-state index in [1.54, 1.807) is 42.0 Å². The normalized spacial score (nSPS) is 17.2. The average molecular weight is 610 g/mol. The molecule has 10 heteroatoms. The fourth-order valence-electron chi connectivity index (χ4n) is 5.44. The molecule has 0 bridgehead atoms. The highest BCUT2D eigenvalue weighted by atomic mass is 16.5. The number of benzene rings is 4. The molecule has 4 N–H and O–H groups in total. The molecule has 0 fully saturated rings. The lowest BCUT2D eigenvalue weighted by atomic mass is 10.0. The summed E-state index contributed by atoms with van der Waals surface area (Å²) in [6.45, 7) is 4.17. The largest absolute Gasteiger partial charge is 0.488 e. The van der Waals surface area contributed by atoms with E-state index in [0.717, 1.165) is 10.8 Å². The van der Waals surface area contributed by atoms with E-state index in [1.165, 1.54) is 0 Å². The number of carbonyl (C=O) groups excluding carboxylic acids is 3. The van der Waals surface area contributed by atoms with Gasteiger partial charge in [0.15, 0.2) is 0 Å². The number of anilines is 3. The molecular weight excluding hydrogens is 570 g/mol. The topological polar surface area (TPSA) is 123 Å². The highest BCUT2D eigenvalue weighted by Gasteiger charge is 2.32. The van der Waals surface area contributed by atoms with Crippen LogP contribution in [0.5, 0.6) is 5.75 Å². The number of hydrogen-bond acceptors (Lipinski definition) is 5. The highest BCUT2D eigenvalue weighted by molar-refractivity contribution is 6.06. The van der Waals surface area contributed by atoms with Crippen molar-refractivity contribution < 1.29 is 24.2 Å². The minimum Gasteiger partial charge on any atom is -0.488 e. The van der Waals surface area contributed by atoms with Gasteiger partial charge < -0.3 is 35.6 Å². The Morgan fingerprint density at radius 2 is 1.69 bits per heavy atom. The van der Waals surface area contributed by atoms with E-state index >= 15 is 0 Å². The van der Waals surface area contributed by atoms with Gasteiger partial charge in [-0.25, -0.2) is 9.59 Å². The first-order valence-corrected chi connectivity index (χ1v) is 15.0. The third-order valence-corrected chi connectivity index (χ3v) is 8.04. The van der Waals surface area contributed by atoms with E-state index in [1.807, 2.05) is 79.7 Å². The SMILES string of the molecule is C[C@H]1CN([C@@H](C)CO)C(=O)Cc2cc(NC(=O)Nc3cccc4ccccc34)ccc2O[C@@H]1CN(C)C(=O)Nc1ccccc1. The second kappa shape index (κ2) is 14.1. The molecule has 1 heterocycles. The lowest BCUT2D eigenvalue weighted by Crippen LogP contribution is -2.48. The first kappa shape index (κ1) is 31.3. The summed E-state index contributed by atoms with van der Waals surface area (Å²) < 4.78 is 6.52. The number of fused-ring (bicyclic) bond motifs is 2. The van der Waals surface area contributed by atoms with E-state index in [-0.39, 0.29) is 37.4 Å². The molecular formula is C35H39N5O5. The Kier molecular flexibility index (Phi) is 9.84. The summed E-state index contributed by atoms with van der Waals surface area (Å²) >= 11 is 0. The van der Waals surface area contributed by atoms with Crippen LogP contribution in [0.2, 0.25) is 0 Å². The average Bonchev–Trinajstić information content (AvgIpc) is 3.08. The zero-order valence-corrected chi connectivity index (χ0v) is 25.7. The molecule has 0 unspecified atom stereocenters. The molecule has 0 aliphatic carbocycles. The second-order valence-electron chi connectivity index (χ2n) is 11.5. The molecule has 0 saturated carbocycles. The minimum absolute atomic E-state index is 0.0178. The van der Waals surface area contributed by atoms with Crippen LogP contribution in [0.4, 0.5) is 26.7 Å². The summed E-state index contributed by atoms with van der Waals surface area (Å²) in [7, 11) is 1.70. The molecule has 4 aromatic rings. The maximum atomic E-state index is 13.6. The molecule has 0 radical (unpaired) electrons. The Morgan fingerprint density at radius 3 is 2.47 bits per heavy atom. The third-order valence-electron chi connectivity index (χ3n) is 8.04. The smallest absolute Gasteiger partial charge is 0.323 e. The minimum atomic E-state index is -0.469. The van der Waals surface area contributed by atoms with Crippen LogP contribution in [-0.4, -0.2) is 71.8 Å². The maximum absolute atomic E-state index is 13.6. The van der Waals surface area contributed by atoms with Crippen molar-refractivity contribution in [3.05, 3.63) is 96.6 Å². The Hall–Kier alpha value is -5.09. The van der Waals surface area contributed by atoms with Crippen LogP contribution in [0.25, 0.3) is 10.8 Å². The lowest BCUT2D eigenvalue weighted by molar-refractivity contribution is -0.134. The summed E-state index contributed by atoms with van der Waals surface area (Å²) in [5, 5.41) is 20.5. The van der Waals surface area contributed by atoms with Crippen molar-refractivity contribution in [2.24, 2.45) is 5.92 Å². The van der Waals surface area contributed by atoms with Gasteiger partial charge in [-0.3, -0.25) is 4.79 Å². The molecule has 5 rings (SSSR count). The van der Waals surface area contributed by atoms with Crippen LogP contribution < -0.4 is 20.7 Å². The molecule has 234 valence electrons. The molecule has 1 aliphatic heterocycles. The zero-order chi connectivity index (χ0) is 31.9. The summed E-state index contributed by atoms with van der Waals surface area (Å²) in [6.07, 6.45) is -0.452. The number of carbonyl (C=O) groups is 3. The van der Waals surface area contributed by atoms with Gasteiger partial charge in [0.25, 0.3) is 0 Å². The number of amides is 5. The van der Waals surface area contributed by atoms with Crippen LogP contribution in [0.15, 0.2) is 91.0 Å². The number of aliphatic hydroxyl groups excluding tert-OH is 1. The van der Waals surface area contributed by atoms with Gasteiger partial charge in [-0.05, 0) is 48.7 Å². The Balaban J connectivity index is 1.37. The molecule has 0 spiro atoms. The first-order chi connectivity index (χ1) is 21.7. The van der Waals surface area contributed by atoms with Crippen molar-refractivity contribution >= 4 is 45.8 Å². The van der Waals surface area contributed by atoms with Gasteiger partial charge in [0.1, 0.15) is 11.9 Å². The number of urea groups is 2. The summed E-state index contributed by atoms with van der Waals surface area (Å²) in [6, 6.07) is 26.8. The van der Waals surface area contributed by atoms with Crippen molar-refractivity contribution in [1.29, 1.82) is 0 Å². The van der Waals surface area contributed by atoms with Gasteiger partial charge in [0.05, 0.1) is 31.3 Å². The van der Waals surface area contributed by atoms with Crippen LogP contribution in [0, 0.1) is 5.92 Å². The second-order valence-corrected chi connectivity index (χ2v) is 11.5. The predicted molar refractivity (Wildman–Crippen MR) is 177 cm³/mol. The summed E-state index contributed by atoms with van der Waals surface area (Å²) in [5.41, 5.74) is 2.44.